The third-order valence-corrected chi connectivity index (χ3v) is 2.19. The smallest absolute Gasteiger partial charge is 0.0118 e. The molecule has 1 atom stereocenters. The highest BCUT2D eigenvalue weighted by atomic mass is 32.2. The zero-order chi connectivity index (χ0) is 8.27. The molecule has 0 fully saturated rings. The molecule has 0 saturated carbocycles. The third kappa shape index (κ3) is 2.98. The quantitative estimate of drug-likeness (QED) is 0.506. The van der Waals surface area contributed by atoms with Crippen LogP contribution in [0, 0.1) is 5.21 Å². The normalized spacial score (nSPS) is 23.3. The summed E-state index contributed by atoms with van der Waals surface area (Å²) in [5, 5.41) is 14.8. The average molecular weight is 172 g/mol. The summed E-state index contributed by atoms with van der Waals surface area (Å²) in [7, 11) is 0.685. The zero-order valence-corrected chi connectivity index (χ0v) is 7.04. The zero-order valence-electron chi connectivity index (χ0n) is 6.23. The van der Waals surface area contributed by atoms with Crippen LogP contribution in [-0.4, -0.2) is 28.6 Å². The number of rotatable bonds is 2. The Balaban J connectivity index is 2.61. The molecule has 1 heterocycles. The molecular weight excluding hydrogens is 162 g/mol. The van der Waals surface area contributed by atoms with Gasteiger partial charge in [-0.15, -0.1) is 0 Å². The molecule has 1 aliphatic rings. The number of hydrogen-bond acceptors (Lipinski definition) is 3. The van der Waals surface area contributed by atoms with E-state index in [0.717, 1.165) is 10.6 Å². The summed E-state index contributed by atoms with van der Waals surface area (Å²) in [6.45, 7) is 0.342. The molecule has 1 aliphatic heterocycles. The number of likely N-dealkylation sites (N-methyl/N-ethyl adjacent to an activating group) is 1. The van der Waals surface area contributed by atoms with Crippen molar-refractivity contribution in [3.05, 3.63) is 28.3 Å². The third-order valence-electron chi connectivity index (χ3n) is 1.21. The molecule has 0 aromatic heterocycles. The Morgan fingerprint density at radius 3 is 3.00 bits per heavy atom. The van der Waals surface area contributed by atoms with Crippen LogP contribution in [0.3, 0.4) is 0 Å². The Morgan fingerprint density at radius 1 is 1.73 bits per heavy atom. The Hall–Kier alpha value is -0.420. The van der Waals surface area contributed by atoms with Crippen LogP contribution in [0.15, 0.2) is 23.1 Å². The molecule has 0 aliphatic carbocycles. The second kappa shape index (κ2) is 3.82. The SMILES string of the molecule is CN([O-])CC1=CC=CS(O)=C1. The predicted molar refractivity (Wildman–Crippen MR) is 49.5 cm³/mol. The van der Waals surface area contributed by atoms with E-state index in [-0.39, 0.29) is 0 Å². The first-order valence-electron chi connectivity index (χ1n) is 3.20. The summed E-state index contributed by atoms with van der Waals surface area (Å²) in [6.07, 6.45) is 3.59. The minimum atomic E-state index is -0.776. The van der Waals surface area contributed by atoms with Gasteiger partial charge in [0.25, 0.3) is 0 Å². The summed E-state index contributed by atoms with van der Waals surface area (Å²) >= 11 is 0. The van der Waals surface area contributed by atoms with Crippen molar-refractivity contribution in [3.63, 3.8) is 0 Å². The standard InChI is InChI=1S/C7H10NO2S/c1-8(9)5-7-3-2-4-11(10)6-7/h2-4,6,10H,5H2,1H3/q-1. The fourth-order valence-electron chi connectivity index (χ4n) is 0.824. The average Bonchev–Trinajstić information content (AvgIpc) is 1.85. The fourth-order valence-corrected chi connectivity index (χ4v) is 1.61. The van der Waals surface area contributed by atoms with Gasteiger partial charge in [-0.05, 0) is 34.2 Å². The molecule has 0 bridgehead atoms. The molecule has 4 heteroatoms. The highest BCUT2D eigenvalue weighted by molar-refractivity contribution is 8.12. The number of hydrogen-bond donors (Lipinski definition) is 1. The minimum Gasteiger partial charge on any atom is -0.785 e. The number of nitrogens with zero attached hydrogens (tertiary/aromatic N) is 1. The topological polar surface area (TPSA) is 46.5 Å². The van der Waals surface area contributed by atoms with Gasteiger partial charge in [0.1, 0.15) is 0 Å². The first kappa shape index (κ1) is 8.67. The van der Waals surface area contributed by atoms with E-state index in [9.17, 15) is 5.21 Å². The Kier molecular flexibility index (Phi) is 3.02. The van der Waals surface area contributed by atoms with Crippen LogP contribution in [0.25, 0.3) is 0 Å². The fraction of sp³-hybridized carbons (Fsp3) is 0.286. The molecule has 0 saturated heterocycles. The van der Waals surface area contributed by atoms with Crippen molar-refractivity contribution in [1.29, 1.82) is 0 Å². The van der Waals surface area contributed by atoms with Gasteiger partial charge in [-0.1, -0.05) is 12.2 Å². The van der Waals surface area contributed by atoms with Gasteiger partial charge < -0.3 is 14.8 Å². The molecule has 0 amide bonds. The lowest BCUT2D eigenvalue weighted by molar-refractivity contribution is 0.507. The monoisotopic (exact) mass is 172 g/mol. The van der Waals surface area contributed by atoms with Crippen LogP contribution in [0.2, 0.25) is 0 Å². The van der Waals surface area contributed by atoms with Crippen molar-refractivity contribution in [3.8, 4) is 0 Å². The van der Waals surface area contributed by atoms with Crippen LogP contribution in [0.1, 0.15) is 0 Å². The van der Waals surface area contributed by atoms with Gasteiger partial charge in [-0.3, -0.25) is 0 Å². The molecule has 0 aromatic rings. The van der Waals surface area contributed by atoms with Gasteiger partial charge in [0.2, 0.25) is 0 Å². The number of allylic oxidation sites excluding steroid dienone is 2. The van der Waals surface area contributed by atoms with Crippen molar-refractivity contribution in [2.24, 2.45) is 0 Å². The van der Waals surface area contributed by atoms with E-state index in [1.807, 2.05) is 6.08 Å². The van der Waals surface area contributed by atoms with Gasteiger partial charge in [0, 0.05) is 6.54 Å². The van der Waals surface area contributed by atoms with Crippen LogP contribution >= 0.6 is 10.8 Å². The predicted octanol–water partition coefficient (Wildman–Crippen LogP) is 1.41. The summed E-state index contributed by atoms with van der Waals surface area (Å²) in [4.78, 5) is 0. The van der Waals surface area contributed by atoms with Crippen LogP contribution in [0.5, 0.6) is 0 Å². The van der Waals surface area contributed by atoms with E-state index < -0.39 is 10.8 Å². The molecule has 62 valence electrons. The molecule has 0 aromatic carbocycles. The Labute approximate surface area is 68.4 Å². The lowest BCUT2D eigenvalue weighted by Gasteiger charge is -2.22. The first-order valence-corrected chi connectivity index (χ1v) is 4.51. The molecule has 11 heavy (non-hydrogen) atoms. The van der Waals surface area contributed by atoms with Gasteiger partial charge in [-0.2, -0.15) is 0 Å². The largest absolute Gasteiger partial charge is 0.785 e. The van der Waals surface area contributed by atoms with Crippen molar-refractivity contribution in [2.75, 3.05) is 13.6 Å². The van der Waals surface area contributed by atoms with E-state index in [2.05, 4.69) is 0 Å². The van der Waals surface area contributed by atoms with Crippen LogP contribution in [0.4, 0.5) is 0 Å². The summed E-state index contributed by atoms with van der Waals surface area (Å²) in [5.74, 6) is 0. The second-order valence-electron chi connectivity index (χ2n) is 2.32. The van der Waals surface area contributed by atoms with Crippen LogP contribution in [-0.2, 0) is 0 Å². The Bertz CT molecular complexity index is 231. The number of hydroxylamine groups is 2. The highest BCUT2D eigenvalue weighted by Gasteiger charge is 1.96. The molecule has 0 spiro atoms. The van der Waals surface area contributed by atoms with Crippen molar-refractivity contribution in [2.45, 2.75) is 0 Å². The van der Waals surface area contributed by atoms with E-state index in [4.69, 9.17) is 4.55 Å². The maximum atomic E-state index is 10.6. The maximum absolute atomic E-state index is 10.6. The summed E-state index contributed by atoms with van der Waals surface area (Å²) in [6, 6.07) is 0. The van der Waals surface area contributed by atoms with Crippen molar-refractivity contribution < 1.29 is 4.55 Å². The molecule has 1 unspecified atom stereocenters. The van der Waals surface area contributed by atoms with Crippen LogP contribution < -0.4 is 0 Å². The molecule has 1 rings (SSSR count). The van der Waals surface area contributed by atoms with E-state index in [1.165, 1.54) is 7.05 Å². The van der Waals surface area contributed by atoms with Crippen molar-refractivity contribution in [1.82, 2.24) is 5.06 Å². The van der Waals surface area contributed by atoms with Gasteiger partial charge >= 0.3 is 0 Å². The van der Waals surface area contributed by atoms with Gasteiger partial charge in [-0.25, -0.2) is 0 Å². The molecule has 3 nitrogen and oxygen atoms in total. The van der Waals surface area contributed by atoms with E-state index in [1.54, 1.807) is 16.9 Å². The maximum Gasteiger partial charge on any atom is 0.0118 e. The lowest BCUT2D eigenvalue weighted by atomic mass is 10.3. The first-order chi connectivity index (χ1) is 5.18. The van der Waals surface area contributed by atoms with Gasteiger partial charge in [0.15, 0.2) is 0 Å². The van der Waals surface area contributed by atoms with Gasteiger partial charge in [0.05, 0.1) is 0 Å². The lowest BCUT2D eigenvalue weighted by Crippen LogP contribution is -2.14. The molecular formula is C7H10NO2S-. The summed E-state index contributed by atoms with van der Waals surface area (Å²) in [5.41, 5.74) is 0.871. The minimum absolute atomic E-state index is 0.342. The molecule has 0 radical (unpaired) electrons. The Morgan fingerprint density at radius 2 is 2.45 bits per heavy atom. The van der Waals surface area contributed by atoms with E-state index in [0.29, 0.717) is 6.54 Å². The summed E-state index contributed by atoms with van der Waals surface area (Å²) < 4.78 is 9.12. The second-order valence-corrected chi connectivity index (χ2v) is 3.52. The molecule has 1 N–H and O–H groups in total. The van der Waals surface area contributed by atoms with Crippen molar-refractivity contribution >= 4 is 16.1 Å². The highest BCUT2D eigenvalue weighted by Crippen LogP contribution is 2.14. The van der Waals surface area contributed by atoms with E-state index >= 15 is 0 Å².